The summed E-state index contributed by atoms with van der Waals surface area (Å²) in [5.74, 6) is 0.782. The second kappa shape index (κ2) is 5.52. The van der Waals surface area contributed by atoms with Gasteiger partial charge in [-0.2, -0.15) is 5.10 Å². The molecule has 0 radical (unpaired) electrons. The number of aromatic nitrogens is 4. The third-order valence-corrected chi connectivity index (χ3v) is 2.94. The maximum Gasteiger partial charge on any atom is 0.176 e. The lowest BCUT2D eigenvalue weighted by Crippen LogP contribution is -2.07. The van der Waals surface area contributed by atoms with E-state index in [0.29, 0.717) is 6.54 Å². The van der Waals surface area contributed by atoms with Crippen LogP contribution in [0.1, 0.15) is 11.3 Å². The first-order valence-electron chi connectivity index (χ1n) is 6.43. The van der Waals surface area contributed by atoms with Crippen LogP contribution < -0.4 is 5.32 Å². The molecule has 0 saturated heterocycles. The highest BCUT2D eigenvalue weighted by molar-refractivity contribution is 5.56. The van der Waals surface area contributed by atoms with E-state index < -0.39 is 0 Å². The van der Waals surface area contributed by atoms with Gasteiger partial charge in [0.05, 0.1) is 17.9 Å². The lowest BCUT2D eigenvalue weighted by Gasteiger charge is -2.10. The first-order valence-corrected chi connectivity index (χ1v) is 6.43. The number of rotatable bonds is 4. The average Bonchev–Trinajstić information content (AvgIpc) is 3.01. The van der Waals surface area contributed by atoms with Crippen molar-refractivity contribution in [3.05, 3.63) is 66.4 Å². The topological polar surface area (TPSA) is 55.6 Å². The average molecular weight is 265 g/mol. The molecule has 0 unspecified atom stereocenters. The fourth-order valence-corrected chi connectivity index (χ4v) is 1.90. The van der Waals surface area contributed by atoms with E-state index >= 15 is 0 Å². The predicted molar refractivity (Wildman–Crippen MR) is 77.7 cm³/mol. The van der Waals surface area contributed by atoms with Gasteiger partial charge < -0.3 is 5.32 Å². The van der Waals surface area contributed by atoms with Gasteiger partial charge in [0.2, 0.25) is 0 Å². The molecule has 5 heteroatoms. The SMILES string of the molecule is Cc1ccc(CNc2cccnc2-n2cccn2)nc1. The zero-order chi connectivity index (χ0) is 13.8. The molecule has 0 aliphatic rings. The Bertz CT molecular complexity index is 674. The van der Waals surface area contributed by atoms with Crippen LogP contribution in [0.4, 0.5) is 5.69 Å². The summed E-state index contributed by atoms with van der Waals surface area (Å²) in [4.78, 5) is 8.75. The number of hydrogen-bond acceptors (Lipinski definition) is 4. The molecule has 1 N–H and O–H groups in total. The third-order valence-electron chi connectivity index (χ3n) is 2.94. The van der Waals surface area contributed by atoms with Gasteiger partial charge in [-0.05, 0) is 36.8 Å². The van der Waals surface area contributed by atoms with Gasteiger partial charge in [-0.1, -0.05) is 6.07 Å². The fraction of sp³-hybridized carbons (Fsp3) is 0.133. The minimum absolute atomic E-state index is 0.653. The largest absolute Gasteiger partial charge is 0.376 e. The molecule has 0 spiro atoms. The van der Waals surface area contributed by atoms with E-state index in [2.05, 4.69) is 26.4 Å². The molecule has 0 atom stereocenters. The molecule has 0 aromatic carbocycles. The number of aryl methyl sites for hydroxylation is 1. The summed E-state index contributed by atoms with van der Waals surface area (Å²) < 4.78 is 1.74. The molecule has 100 valence electrons. The van der Waals surface area contributed by atoms with Crippen LogP contribution in [0, 0.1) is 6.92 Å². The van der Waals surface area contributed by atoms with Crippen molar-refractivity contribution >= 4 is 5.69 Å². The van der Waals surface area contributed by atoms with Crippen LogP contribution >= 0.6 is 0 Å². The monoisotopic (exact) mass is 265 g/mol. The maximum absolute atomic E-state index is 4.38. The van der Waals surface area contributed by atoms with Crippen molar-refractivity contribution in [1.29, 1.82) is 0 Å². The molecule has 0 aliphatic heterocycles. The molecule has 0 bridgehead atoms. The van der Waals surface area contributed by atoms with E-state index in [1.807, 2.05) is 43.6 Å². The standard InChI is InChI=1S/C15H15N5/c1-12-5-6-13(17-10-12)11-18-14-4-2-7-16-15(14)20-9-3-8-19-20/h2-10,18H,11H2,1H3. The Morgan fingerprint density at radius 2 is 2.05 bits per heavy atom. The number of nitrogens with one attached hydrogen (secondary N) is 1. The van der Waals surface area contributed by atoms with Gasteiger partial charge in [0.1, 0.15) is 0 Å². The Morgan fingerprint density at radius 1 is 1.10 bits per heavy atom. The zero-order valence-electron chi connectivity index (χ0n) is 11.2. The number of nitrogens with zero attached hydrogens (tertiary/aromatic N) is 4. The molecule has 0 fully saturated rings. The highest BCUT2D eigenvalue weighted by atomic mass is 15.3. The smallest absolute Gasteiger partial charge is 0.176 e. The van der Waals surface area contributed by atoms with Gasteiger partial charge in [0, 0.05) is 24.8 Å². The van der Waals surface area contributed by atoms with Crippen molar-refractivity contribution in [2.24, 2.45) is 0 Å². The summed E-state index contributed by atoms with van der Waals surface area (Å²) in [7, 11) is 0. The number of anilines is 1. The summed E-state index contributed by atoms with van der Waals surface area (Å²) in [5, 5.41) is 7.56. The second-order valence-corrected chi connectivity index (χ2v) is 4.51. The van der Waals surface area contributed by atoms with Crippen molar-refractivity contribution in [3.63, 3.8) is 0 Å². The van der Waals surface area contributed by atoms with Crippen molar-refractivity contribution in [3.8, 4) is 5.82 Å². The van der Waals surface area contributed by atoms with Gasteiger partial charge >= 0.3 is 0 Å². The second-order valence-electron chi connectivity index (χ2n) is 4.51. The molecule has 0 amide bonds. The maximum atomic E-state index is 4.38. The Hall–Kier alpha value is -2.69. The Morgan fingerprint density at radius 3 is 2.80 bits per heavy atom. The Balaban J connectivity index is 1.79. The molecule has 3 aromatic heterocycles. The molecular formula is C15H15N5. The minimum atomic E-state index is 0.653. The van der Waals surface area contributed by atoms with Gasteiger partial charge in [-0.15, -0.1) is 0 Å². The van der Waals surface area contributed by atoms with Gasteiger partial charge in [0.15, 0.2) is 5.82 Å². The lowest BCUT2D eigenvalue weighted by molar-refractivity contribution is 0.845. The molecule has 20 heavy (non-hydrogen) atoms. The van der Waals surface area contributed by atoms with Crippen molar-refractivity contribution in [1.82, 2.24) is 19.7 Å². The van der Waals surface area contributed by atoms with Crippen LogP contribution in [0.2, 0.25) is 0 Å². The molecule has 0 aliphatic carbocycles. The Labute approximate surface area is 117 Å². The molecule has 3 rings (SSSR count). The summed E-state index contributed by atoms with van der Waals surface area (Å²) in [6.07, 6.45) is 7.23. The highest BCUT2D eigenvalue weighted by Crippen LogP contribution is 2.16. The van der Waals surface area contributed by atoms with E-state index in [0.717, 1.165) is 22.8 Å². The van der Waals surface area contributed by atoms with Crippen LogP contribution in [0.25, 0.3) is 5.82 Å². The fourth-order valence-electron chi connectivity index (χ4n) is 1.90. The van der Waals surface area contributed by atoms with E-state index in [4.69, 9.17) is 0 Å². The molecule has 3 aromatic rings. The number of hydrogen-bond donors (Lipinski definition) is 1. The predicted octanol–water partition coefficient (Wildman–Crippen LogP) is 2.58. The summed E-state index contributed by atoms with van der Waals surface area (Å²) in [6.45, 7) is 2.68. The minimum Gasteiger partial charge on any atom is -0.376 e. The Kier molecular flexibility index (Phi) is 3.41. The van der Waals surface area contributed by atoms with Gasteiger partial charge in [-0.3, -0.25) is 4.98 Å². The van der Waals surface area contributed by atoms with E-state index in [-0.39, 0.29) is 0 Å². The van der Waals surface area contributed by atoms with Crippen LogP contribution in [-0.2, 0) is 6.54 Å². The molecule has 0 saturated carbocycles. The molecule has 3 heterocycles. The van der Waals surface area contributed by atoms with Crippen molar-refractivity contribution < 1.29 is 0 Å². The highest BCUT2D eigenvalue weighted by Gasteiger charge is 2.05. The first-order chi connectivity index (χ1) is 9.83. The zero-order valence-corrected chi connectivity index (χ0v) is 11.2. The van der Waals surface area contributed by atoms with Gasteiger partial charge in [-0.25, -0.2) is 9.67 Å². The molecule has 5 nitrogen and oxygen atoms in total. The van der Waals surface area contributed by atoms with Crippen LogP contribution in [0.5, 0.6) is 0 Å². The molecular weight excluding hydrogens is 250 g/mol. The van der Waals surface area contributed by atoms with Crippen LogP contribution in [0.3, 0.4) is 0 Å². The van der Waals surface area contributed by atoms with Crippen molar-refractivity contribution in [2.45, 2.75) is 13.5 Å². The summed E-state index contributed by atoms with van der Waals surface area (Å²) in [5.41, 5.74) is 3.08. The summed E-state index contributed by atoms with van der Waals surface area (Å²) >= 11 is 0. The number of pyridine rings is 2. The third kappa shape index (κ3) is 2.66. The van der Waals surface area contributed by atoms with Crippen LogP contribution in [-0.4, -0.2) is 19.7 Å². The van der Waals surface area contributed by atoms with E-state index in [1.54, 1.807) is 17.1 Å². The van der Waals surface area contributed by atoms with Crippen LogP contribution in [0.15, 0.2) is 55.1 Å². The lowest BCUT2D eigenvalue weighted by atomic mass is 10.2. The normalized spacial score (nSPS) is 10.4. The van der Waals surface area contributed by atoms with E-state index in [1.165, 1.54) is 0 Å². The quantitative estimate of drug-likeness (QED) is 0.787. The van der Waals surface area contributed by atoms with E-state index in [9.17, 15) is 0 Å². The van der Waals surface area contributed by atoms with Crippen molar-refractivity contribution in [2.75, 3.05) is 5.32 Å². The van der Waals surface area contributed by atoms with Gasteiger partial charge in [0.25, 0.3) is 0 Å². The first kappa shape index (κ1) is 12.3. The summed E-state index contributed by atoms with van der Waals surface area (Å²) in [6, 6.07) is 9.84.